The van der Waals surface area contributed by atoms with Gasteiger partial charge in [0.05, 0.1) is 30.6 Å². The van der Waals surface area contributed by atoms with E-state index in [1.165, 1.54) is 0 Å². The Hall–Kier alpha value is -0.703. The van der Waals surface area contributed by atoms with Crippen LogP contribution in [0, 0.1) is 5.92 Å². The van der Waals surface area contributed by atoms with E-state index in [0.29, 0.717) is 24.6 Å². The fourth-order valence-electron chi connectivity index (χ4n) is 3.26. The van der Waals surface area contributed by atoms with Crippen LogP contribution in [0.1, 0.15) is 47.0 Å². The third kappa shape index (κ3) is 8.35. The Morgan fingerprint density at radius 2 is 1.86 bits per heavy atom. The fraction of sp³-hybridized carbons (Fsp3) is 0.850. The van der Waals surface area contributed by atoms with Gasteiger partial charge in [-0.2, -0.15) is 0 Å². The van der Waals surface area contributed by atoms with E-state index in [4.69, 9.17) is 9.47 Å². The summed E-state index contributed by atoms with van der Waals surface area (Å²) in [6.07, 6.45) is 3.45. The average molecular weight is 434 g/mol. The second-order valence-electron chi connectivity index (χ2n) is 8.91. The Morgan fingerprint density at radius 1 is 1.25 bits per heavy atom. The van der Waals surface area contributed by atoms with Gasteiger partial charge in [0.1, 0.15) is 0 Å². The van der Waals surface area contributed by atoms with Crippen LogP contribution in [-0.4, -0.2) is 53.1 Å². The van der Waals surface area contributed by atoms with Crippen molar-refractivity contribution in [3.05, 3.63) is 11.6 Å². The Labute approximate surface area is 172 Å². The molecular weight excluding hydrogens is 394 g/mol. The molecule has 0 aliphatic heterocycles. The Balaban J connectivity index is 3.06. The number of ether oxygens (including phenoxy) is 2. The Kier molecular flexibility index (Phi) is 9.86. The van der Waals surface area contributed by atoms with Crippen LogP contribution in [-0.2, 0) is 24.3 Å². The van der Waals surface area contributed by atoms with E-state index in [1.54, 1.807) is 13.0 Å². The first kappa shape index (κ1) is 25.3. The van der Waals surface area contributed by atoms with Gasteiger partial charge >= 0.3 is 5.97 Å². The lowest BCUT2D eigenvalue weighted by Gasteiger charge is -2.37. The molecule has 0 saturated heterocycles. The number of esters is 1. The van der Waals surface area contributed by atoms with Crippen LogP contribution < -0.4 is 4.72 Å². The first-order valence-corrected chi connectivity index (χ1v) is 15.8. The van der Waals surface area contributed by atoms with Crippen LogP contribution in [0.5, 0.6) is 0 Å². The van der Waals surface area contributed by atoms with Gasteiger partial charge in [0, 0.05) is 13.6 Å². The van der Waals surface area contributed by atoms with Crippen LogP contribution in [0.15, 0.2) is 11.6 Å². The largest absolute Gasteiger partial charge is 0.463 e. The molecule has 0 bridgehead atoms. The number of hydrogen-bond acceptors (Lipinski definition) is 5. The van der Waals surface area contributed by atoms with Crippen molar-refractivity contribution in [3.63, 3.8) is 0 Å². The zero-order valence-corrected chi connectivity index (χ0v) is 20.4. The van der Waals surface area contributed by atoms with Gasteiger partial charge in [0.15, 0.2) is 0 Å². The van der Waals surface area contributed by atoms with Crippen molar-refractivity contribution in [1.29, 1.82) is 0 Å². The molecule has 0 aromatic heterocycles. The molecule has 0 fully saturated rings. The summed E-state index contributed by atoms with van der Waals surface area (Å²) in [7, 11) is -4.88. The highest BCUT2D eigenvalue weighted by Crippen LogP contribution is 2.29. The molecule has 164 valence electrons. The van der Waals surface area contributed by atoms with E-state index in [1.807, 2.05) is 20.8 Å². The maximum atomic E-state index is 12.7. The maximum absolute atomic E-state index is 12.7. The smallest absolute Gasteiger partial charge is 0.333 e. The van der Waals surface area contributed by atoms with Gasteiger partial charge in [0.25, 0.3) is 0 Å². The second kappa shape index (κ2) is 10.9. The normalized spacial score (nSPS) is 23.6. The van der Waals surface area contributed by atoms with Gasteiger partial charge in [-0.05, 0) is 44.2 Å². The summed E-state index contributed by atoms with van der Waals surface area (Å²) < 4.78 is 39.7. The zero-order chi connectivity index (χ0) is 21.5. The van der Waals surface area contributed by atoms with E-state index in [0.717, 1.165) is 12.8 Å². The molecule has 1 N–H and O–H groups in total. The molecular formula is C20H39NO5SSi. The number of carbonyl (C=O) groups excluding carboxylic acids is 1. The molecule has 0 radical (unpaired) electrons. The van der Waals surface area contributed by atoms with Crippen molar-refractivity contribution in [2.24, 2.45) is 5.92 Å². The van der Waals surface area contributed by atoms with Gasteiger partial charge in [-0.3, -0.25) is 0 Å². The molecule has 0 aromatic rings. The lowest BCUT2D eigenvalue weighted by Crippen LogP contribution is -2.51. The quantitative estimate of drug-likeness (QED) is 0.397. The molecule has 0 saturated carbocycles. The van der Waals surface area contributed by atoms with Crippen molar-refractivity contribution in [2.75, 3.05) is 12.4 Å². The van der Waals surface area contributed by atoms with Crippen molar-refractivity contribution >= 4 is 24.1 Å². The molecule has 0 heterocycles. The third-order valence-electron chi connectivity index (χ3n) is 5.11. The molecule has 0 aromatic carbocycles. The molecule has 28 heavy (non-hydrogen) atoms. The van der Waals surface area contributed by atoms with Crippen LogP contribution in [0.25, 0.3) is 0 Å². The van der Waals surface area contributed by atoms with Gasteiger partial charge in [-0.1, -0.05) is 40.4 Å². The molecule has 6 nitrogen and oxygen atoms in total. The van der Waals surface area contributed by atoms with E-state index < -0.39 is 24.2 Å². The predicted octanol–water partition coefficient (Wildman–Crippen LogP) is 3.72. The van der Waals surface area contributed by atoms with Gasteiger partial charge < -0.3 is 9.47 Å². The molecule has 3 atom stereocenters. The van der Waals surface area contributed by atoms with Gasteiger partial charge in [0.2, 0.25) is 10.0 Å². The highest BCUT2D eigenvalue weighted by atomic mass is 32.2. The van der Waals surface area contributed by atoms with Crippen LogP contribution in [0.4, 0.5) is 0 Å². The van der Waals surface area contributed by atoms with Gasteiger partial charge in [-0.15, -0.1) is 0 Å². The third-order valence-corrected chi connectivity index (χ3v) is 8.59. The number of rotatable bonds is 11. The molecule has 8 heteroatoms. The highest BCUT2D eigenvalue weighted by molar-refractivity contribution is 7.89. The van der Waals surface area contributed by atoms with E-state index in [-0.39, 0.29) is 29.8 Å². The highest BCUT2D eigenvalue weighted by Gasteiger charge is 2.37. The summed E-state index contributed by atoms with van der Waals surface area (Å²) in [6, 6.07) is 0.330. The number of nitrogens with one attached hydrogen (secondary N) is 1. The van der Waals surface area contributed by atoms with Crippen molar-refractivity contribution in [1.82, 2.24) is 4.72 Å². The van der Waals surface area contributed by atoms with Crippen LogP contribution in [0.2, 0.25) is 25.7 Å². The average Bonchev–Trinajstić information content (AvgIpc) is 2.60. The lowest BCUT2D eigenvalue weighted by atomic mass is 9.84. The summed E-state index contributed by atoms with van der Waals surface area (Å²) in [6.45, 7) is 14.6. The van der Waals surface area contributed by atoms with Crippen molar-refractivity contribution in [2.45, 2.75) is 90.9 Å². The SMILES string of the molecule is CCOC(=O)C1=C[C@@H](OC(CC)CC)[C@H](NS(=O)(=O)CC[Si](C)(C)C)[C@@H](C)C1. The number of sulfonamides is 1. The van der Waals surface area contributed by atoms with Crippen molar-refractivity contribution < 1.29 is 22.7 Å². The molecule has 0 amide bonds. The van der Waals surface area contributed by atoms with E-state index in [9.17, 15) is 13.2 Å². The molecule has 0 spiro atoms. The first-order chi connectivity index (χ1) is 12.9. The summed E-state index contributed by atoms with van der Waals surface area (Å²) in [5.74, 6) is -0.268. The van der Waals surface area contributed by atoms with E-state index in [2.05, 4.69) is 24.4 Å². The predicted molar refractivity (Wildman–Crippen MR) is 117 cm³/mol. The number of carbonyl (C=O) groups is 1. The molecule has 1 aliphatic carbocycles. The summed E-state index contributed by atoms with van der Waals surface area (Å²) >= 11 is 0. The summed E-state index contributed by atoms with van der Waals surface area (Å²) in [5.41, 5.74) is 0.572. The molecule has 0 unspecified atom stereocenters. The standard InChI is InChI=1S/C20H39NO5SSi/c1-8-17(9-2)26-18-14-16(20(22)25-10-3)13-15(4)19(18)21-27(23,24)11-12-28(5,6)7/h14-15,17-19,21H,8-13H2,1-7H3/t15-,18+,19+/m0/s1. The second-order valence-corrected chi connectivity index (χ2v) is 16.4. The van der Waals surface area contributed by atoms with Crippen molar-refractivity contribution in [3.8, 4) is 0 Å². The zero-order valence-electron chi connectivity index (χ0n) is 18.6. The Morgan fingerprint density at radius 3 is 2.36 bits per heavy atom. The van der Waals surface area contributed by atoms with Crippen LogP contribution in [0.3, 0.4) is 0 Å². The fourth-order valence-corrected chi connectivity index (χ4v) is 7.68. The summed E-state index contributed by atoms with van der Waals surface area (Å²) in [5, 5.41) is 0. The summed E-state index contributed by atoms with van der Waals surface area (Å²) in [4.78, 5) is 12.2. The number of hydrogen-bond donors (Lipinski definition) is 1. The topological polar surface area (TPSA) is 81.7 Å². The van der Waals surface area contributed by atoms with E-state index >= 15 is 0 Å². The molecule has 1 rings (SSSR count). The first-order valence-electron chi connectivity index (χ1n) is 10.5. The minimum absolute atomic E-state index is 0.0176. The monoisotopic (exact) mass is 433 g/mol. The van der Waals surface area contributed by atoms with Crippen LogP contribution >= 0.6 is 0 Å². The minimum Gasteiger partial charge on any atom is -0.463 e. The van der Waals surface area contributed by atoms with Gasteiger partial charge in [-0.25, -0.2) is 17.9 Å². The Bertz CT molecular complexity index is 637. The molecule has 1 aliphatic rings. The minimum atomic E-state index is -3.42. The maximum Gasteiger partial charge on any atom is 0.333 e. The lowest BCUT2D eigenvalue weighted by molar-refractivity contribution is -0.139.